The third-order valence-electron chi connectivity index (χ3n) is 3.21. The van der Waals surface area contributed by atoms with Crippen LogP contribution in [0, 0.1) is 0 Å². The van der Waals surface area contributed by atoms with Crippen LogP contribution in [0.15, 0.2) is 36.5 Å². The molecule has 3 rings (SSSR count). The average Bonchev–Trinajstić information content (AvgIpc) is 2.96. The number of aromatic nitrogens is 4. The predicted molar refractivity (Wildman–Crippen MR) is 82.7 cm³/mol. The lowest BCUT2D eigenvalue weighted by Crippen LogP contribution is -2.20. The summed E-state index contributed by atoms with van der Waals surface area (Å²) in [4.78, 5) is 8.56. The van der Waals surface area contributed by atoms with Gasteiger partial charge in [0.25, 0.3) is 0 Å². The zero-order chi connectivity index (χ0) is 14.7. The minimum absolute atomic E-state index is 0.214. The van der Waals surface area contributed by atoms with E-state index in [0.29, 0.717) is 17.4 Å². The summed E-state index contributed by atoms with van der Waals surface area (Å²) in [5.74, 6) is 6.46. The fraction of sp³-hybridized carbons (Fsp3) is 0.214. The first-order chi connectivity index (χ1) is 10.3. The topological polar surface area (TPSA) is 105 Å². The number of H-pyrrole nitrogens is 1. The molecular weight excluding hydrogens is 266 g/mol. The number of hydrogen-bond donors (Lipinski definition) is 4. The lowest BCUT2D eigenvalue weighted by molar-refractivity contribution is 0.786. The van der Waals surface area contributed by atoms with Crippen LogP contribution >= 0.6 is 0 Å². The number of benzene rings is 1. The number of fused-ring (bicyclic) bond motifs is 1. The summed E-state index contributed by atoms with van der Waals surface area (Å²) in [6.07, 6.45) is 2.60. The lowest BCUT2D eigenvalue weighted by Gasteiger charge is -2.15. The van der Waals surface area contributed by atoms with Gasteiger partial charge < -0.3 is 5.32 Å². The van der Waals surface area contributed by atoms with Crippen molar-refractivity contribution in [2.75, 3.05) is 10.7 Å². The summed E-state index contributed by atoms with van der Waals surface area (Å²) >= 11 is 0. The van der Waals surface area contributed by atoms with Crippen LogP contribution in [0.4, 0.5) is 11.8 Å². The molecule has 0 amide bonds. The van der Waals surface area contributed by atoms with Gasteiger partial charge in [-0.1, -0.05) is 30.3 Å². The second kappa shape index (κ2) is 5.76. The van der Waals surface area contributed by atoms with Gasteiger partial charge in [0.05, 0.1) is 11.6 Å². The van der Waals surface area contributed by atoms with E-state index < -0.39 is 0 Å². The van der Waals surface area contributed by atoms with Crippen LogP contribution in [0.1, 0.15) is 12.5 Å². The Labute approximate surface area is 122 Å². The number of hydrogen-bond acceptors (Lipinski definition) is 6. The van der Waals surface area contributed by atoms with Crippen LogP contribution in [-0.4, -0.2) is 26.2 Å². The molecule has 0 aliphatic carbocycles. The third-order valence-corrected chi connectivity index (χ3v) is 3.21. The molecule has 0 fully saturated rings. The molecule has 2 aromatic heterocycles. The van der Waals surface area contributed by atoms with Crippen molar-refractivity contribution in [1.29, 1.82) is 0 Å². The van der Waals surface area contributed by atoms with Gasteiger partial charge in [0.2, 0.25) is 5.95 Å². The molecule has 0 aliphatic rings. The van der Waals surface area contributed by atoms with Crippen LogP contribution in [0.3, 0.4) is 0 Å². The maximum atomic E-state index is 5.40. The van der Waals surface area contributed by atoms with Crippen molar-refractivity contribution in [1.82, 2.24) is 20.2 Å². The molecule has 3 aromatic rings. The number of nitrogens with two attached hydrogens (primary N) is 1. The summed E-state index contributed by atoms with van der Waals surface area (Å²) in [6.45, 7) is 2.11. The molecule has 0 spiro atoms. The predicted octanol–water partition coefficient (Wildman–Crippen LogP) is 1.68. The van der Waals surface area contributed by atoms with Gasteiger partial charge in [-0.3, -0.25) is 10.5 Å². The van der Waals surface area contributed by atoms with Crippen LogP contribution in [0.25, 0.3) is 11.0 Å². The Morgan fingerprint density at radius 2 is 2.05 bits per heavy atom. The third kappa shape index (κ3) is 2.92. The molecule has 21 heavy (non-hydrogen) atoms. The molecule has 1 unspecified atom stereocenters. The summed E-state index contributed by atoms with van der Waals surface area (Å²) in [5, 5.41) is 11.0. The number of nitrogen functional groups attached to an aromatic ring is 1. The quantitative estimate of drug-likeness (QED) is 0.419. The van der Waals surface area contributed by atoms with E-state index in [9.17, 15) is 0 Å². The van der Waals surface area contributed by atoms with Crippen LogP contribution in [0.2, 0.25) is 0 Å². The van der Waals surface area contributed by atoms with E-state index in [1.54, 1.807) is 6.20 Å². The molecule has 2 heterocycles. The van der Waals surface area contributed by atoms with E-state index in [-0.39, 0.29) is 6.04 Å². The van der Waals surface area contributed by atoms with E-state index in [2.05, 4.69) is 50.0 Å². The van der Waals surface area contributed by atoms with Crippen molar-refractivity contribution in [3.05, 3.63) is 42.1 Å². The standard InChI is InChI=1S/C14H17N7/c1-9(7-10-5-3-2-4-6-10)17-12-11-8-16-21-13(11)19-14(18-12)20-15/h2-6,8-9H,7,15H2,1H3,(H3,16,17,18,19,20,21). The summed E-state index contributed by atoms with van der Waals surface area (Å²) in [7, 11) is 0. The zero-order valence-corrected chi connectivity index (χ0v) is 11.7. The minimum Gasteiger partial charge on any atom is -0.367 e. The molecule has 108 valence electrons. The number of nitrogens with zero attached hydrogens (tertiary/aromatic N) is 3. The number of nitrogens with one attached hydrogen (secondary N) is 3. The normalized spacial score (nSPS) is 12.3. The van der Waals surface area contributed by atoms with Gasteiger partial charge >= 0.3 is 0 Å². The van der Waals surface area contributed by atoms with Gasteiger partial charge in [-0.15, -0.1) is 0 Å². The highest BCUT2D eigenvalue weighted by Gasteiger charge is 2.11. The van der Waals surface area contributed by atoms with E-state index in [0.717, 1.165) is 11.8 Å². The van der Waals surface area contributed by atoms with Gasteiger partial charge in [0.15, 0.2) is 5.65 Å². The number of rotatable bonds is 5. The molecule has 0 aliphatic heterocycles. The van der Waals surface area contributed by atoms with Crippen molar-refractivity contribution < 1.29 is 0 Å². The second-order valence-electron chi connectivity index (χ2n) is 4.91. The van der Waals surface area contributed by atoms with Crippen LogP contribution in [-0.2, 0) is 6.42 Å². The molecule has 1 aromatic carbocycles. The molecule has 0 radical (unpaired) electrons. The Morgan fingerprint density at radius 1 is 1.24 bits per heavy atom. The molecule has 0 bridgehead atoms. The molecular formula is C14H17N7. The number of hydrazine groups is 1. The monoisotopic (exact) mass is 283 g/mol. The molecule has 0 saturated carbocycles. The van der Waals surface area contributed by atoms with E-state index >= 15 is 0 Å². The van der Waals surface area contributed by atoms with Gasteiger partial charge in [-0.2, -0.15) is 15.1 Å². The Balaban J connectivity index is 1.82. The first-order valence-corrected chi connectivity index (χ1v) is 6.74. The Morgan fingerprint density at radius 3 is 2.81 bits per heavy atom. The van der Waals surface area contributed by atoms with Crippen LogP contribution < -0.4 is 16.6 Å². The SMILES string of the molecule is CC(Cc1ccccc1)Nc1nc(NN)nc2[nH]ncc12. The van der Waals surface area contributed by atoms with Crippen molar-refractivity contribution in [3.8, 4) is 0 Å². The first-order valence-electron chi connectivity index (χ1n) is 6.74. The van der Waals surface area contributed by atoms with E-state index in [1.807, 2.05) is 18.2 Å². The zero-order valence-electron chi connectivity index (χ0n) is 11.7. The van der Waals surface area contributed by atoms with Gasteiger partial charge in [-0.25, -0.2) is 5.84 Å². The largest absolute Gasteiger partial charge is 0.367 e. The van der Waals surface area contributed by atoms with Crippen molar-refractivity contribution >= 4 is 22.8 Å². The maximum absolute atomic E-state index is 5.40. The fourth-order valence-electron chi connectivity index (χ4n) is 2.26. The summed E-state index contributed by atoms with van der Waals surface area (Å²) in [5.41, 5.74) is 4.38. The highest BCUT2D eigenvalue weighted by Crippen LogP contribution is 2.20. The van der Waals surface area contributed by atoms with Crippen LogP contribution in [0.5, 0.6) is 0 Å². The Hall–Kier alpha value is -2.67. The highest BCUT2D eigenvalue weighted by atomic mass is 15.3. The molecule has 1 atom stereocenters. The smallest absolute Gasteiger partial charge is 0.241 e. The number of aromatic amines is 1. The Bertz CT molecular complexity index is 723. The minimum atomic E-state index is 0.214. The van der Waals surface area contributed by atoms with Gasteiger partial charge in [-0.05, 0) is 18.9 Å². The van der Waals surface area contributed by atoms with Gasteiger partial charge in [0.1, 0.15) is 5.82 Å². The maximum Gasteiger partial charge on any atom is 0.241 e. The van der Waals surface area contributed by atoms with E-state index in [4.69, 9.17) is 5.84 Å². The van der Waals surface area contributed by atoms with Crippen molar-refractivity contribution in [2.24, 2.45) is 5.84 Å². The fourth-order valence-corrected chi connectivity index (χ4v) is 2.26. The van der Waals surface area contributed by atoms with Crippen molar-refractivity contribution in [3.63, 3.8) is 0 Å². The first kappa shape index (κ1) is 13.3. The molecule has 5 N–H and O–H groups in total. The lowest BCUT2D eigenvalue weighted by atomic mass is 10.1. The summed E-state index contributed by atoms with van der Waals surface area (Å²) < 4.78 is 0. The van der Waals surface area contributed by atoms with Gasteiger partial charge in [0, 0.05) is 6.04 Å². The molecule has 0 saturated heterocycles. The second-order valence-corrected chi connectivity index (χ2v) is 4.91. The average molecular weight is 283 g/mol. The molecule has 7 heteroatoms. The number of anilines is 2. The summed E-state index contributed by atoms with van der Waals surface area (Å²) in [6, 6.07) is 10.5. The highest BCUT2D eigenvalue weighted by molar-refractivity contribution is 5.87. The Kier molecular flexibility index (Phi) is 3.65. The van der Waals surface area contributed by atoms with E-state index in [1.165, 1.54) is 5.56 Å². The molecule has 7 nitrogen and oxygen atoms in total. The van der Waals surface area contributed by atoms with Crippen molar-refractivity contribution in [2.45, 2.75) is 19.4 Å².